The van der Waals surface area contributed by atoms with E-state index in [-0.39, 0.29) is 0 Å². The maximum absolute atomic E-state index is 10.6. The van der Waals surface area contributed by atoms with E-state index in [2.05, 4.69) is 58.9 Å². The van der Waals surface area contributed by atoms with Gasteiger partial charge in [0.2, 0.25) is 5.95 Å². The standard InChI is InChI=1S/C18H23N5.C2HF3O2/c1-13(2)22-10-8-19-18(22)20-12-16-5-6-17(11-14(16)3)23-9-7-15(4)21-23;3-2(4,5)1(6)7/h5-11,13H,12H2,1-4H3,(H,19,20);(H,6,7). The summed E-state index contributed by atoms with van der Waals surface area (Å²) in [5.74, 6) is -1.85. The van der Waals surface area contributed by atoms with Crippen LogP contribution in [0.5, 0.6) is 0 Å². The van der Waals surface area contributed by atoms with Crippen molar-refractivity contribution in [1.82, 2.24) is 19.3 Å². The van der Waals surface area contributed by atoms with Crippen molar-refractivity contribution in [3.63, 3.8) is 0 Å². The highest BCUT2D eigenvalue weighted by atomic mass is 19.4. The third kappa shape index (κ3) is 6.10. The number of aryl methyl sites for hydroxylation is 2. The van der Waals surface area contributed by atoms with Crippen molar-refractivity contribution in [1.29, 1.82) is 0 Å². The largest absolute Gasteiger partial charge is 0.490 e. The van der Waals surface area contributed by atoms with Gasteiger partial charge in [-0.05, 0) is 57.0 Å². The number of aliphatic carboxylic acids is 1. The Kier molecular flexibility index (Phi) is 7.25. The fraction of sp³-hybridized carbons (Fsp3) is 0.350. The van der Waals surface area contributed by atoms with Gasteiger partial charge in [0.05, 0.1) is 11.4 Å². The number of aromatic nitrogens is 4. The van der Waals surface area contributed by atoms with Crippen molar-refractivity contribution in [3.05, 3.63) is 59.7 Å². The van der Waals surface area contributed by atoms with Crippen LogP contribution in [0.3, 0.4) is 0 Å². The molecule has 0 aliphatic heterocycles. The zero-order valence-corrected chi connectivity index (χ0v) is 17.1. The molecule has 10 heteroatoms. The Morgan fingerprint density at radius 1 is 1.20 bits per heavy atom. The third-order valence-corrected chi connectivity index (χ3v) is 4.22. The first-order chi connectivity index (χ1) is 14.0. The van der Waals surface area contributed by atoms with Gasteiger partial charge in [-0.1, -0.05) is 6.07 Å². The molecule has 2 aromatic heterocycles. The van der Waals surface area contributed by atoms with E-state index in [0.717, 1.165) is 23.9 Å². The summed E-state index contributed by atoms with van der Waals surface area (Å²) in [5, 5.41) is 15.0. The van der Waals surface area contributed by atoms with Crippen LogP contribution in [0.4, 0.5) is 19.1 Å². The topological polar surface area (TPSA) is 85.0 Å². The first kappa shape index (κ1) is 23.0. The summed E-state index contributed by atoms with van der Waals surface area (Å²) in [4.78, 5) is 13.3. The Labute approximate surface area is 172 Å². The van der Waals surface area contributed by atoms with Gasteiger partial charge < -0.3 is 15.0 Å². The summed E-state index contributed by atoms with van der Waals surface area (Å²) in [6.45, 7) is 9.19. The number of halogens is 3. The minimum absolute atomic E-state index is 0.395. The first-order valence-electron chi connectivity index (χ1n) is 9.18. The molecule has 0 unspecified atom stereocenters. The highest BCUT2D eigenvalue weighted by Gasteiger charge is 2.38. The summed E-state index contributed by atoms with van der Waals surface area (Å²) < 4.78 is 35.8. The molecule has 0 fully saturated rings. The lowest BCUT2D eigenvalue weighted by Gasteiger charge is -2.14. The van der Waals surface area contributed by atoms with E-state index in [1.807, 2.05) is 36.3 Å². The second-order valence-electron chi connectivity index (χ2n) is 6.92. The van der Waals surface area contributed by atoms with Crippen LogP contribution < -0.4 is 5.32 Å². The molecule has 0 atom stereocenters. The Balaban J connectivity index is 0.000000396. The lowest BCUT2D eigenvalue weighted by molar-refractivity contribution is -0.192. The number of carbonyl (C=O) groups is 1. The van der Waals surface area contributed by atoms with Gasteiger partial charge in [-0.15, -0.1) is 0 Å². The summed E-state index contributed by atoms with van der Waals surface area (Å²) in [6.07, 6.45) is 0.739. The number of carboxylic acids is 1. The zero-order valence-electron chi connectivity index (χ0n) is 17.1. The van der Waals surface area contributed by atoms with Crippen LogP contribution >= 0.6 is 0 Å². The van der Waals surface area contributed by atoms with E-state index in [0.29, 0.717) is 6.04 Å². The SMILES string of the molecule is Cc1ccn(-c2ccc(CNc3nccn3C(C)C)c(C)c2)n1.O=C(O)C(F)(F)F. The summed E-state index contributed by atoms with van der Waals surface area (Å²) in [5.41, 5.74) is 4.61. The van der Waals surface area contributed by atoms with Crippen LogP contribution in [0.15, 0.2) is 42.9 Å². The number of nitrogens with zero attached hydrogens (tertiary/aromatic N) is 4. The predicted octanol–water partition coefficient (Wildman–Crippen LogP) is 4.51. The smallest absolute Gasteiger partial charge is 0.475 e. The number of hydrogen-bond acceptors (Lipinski definition) is 4. The first-order valence-corrected chi connectivity index (χ1v) is 9.18. The number of anilines is 1. The van der Waals surface area contributed by atoms with Crippen molar-refractivity contribution in [2.45, 2.75) is 46.5 Å². The highest BCUT2D eigenvalue weighted by molar-refractivity contribution is 5.73. The predicted molar refractivity (Wildman–Crippen MR) is 107 cm³/mol. The van der Waals surface area contributed by atoms with Crippen molar-refractivity contribution in [2.75, 3.05) is 5.32 Å². The maximum atomic E-state index is 10.6. The Morgan fingerprint density at radius 3 is 2.37 bits per heavy atom. The molecule has 0 radical (unpaired) electrons. The van der Waals surface area contributed by atoms with Gasteiger partial charge in [0.25, 0.3) is 0 Å². The average molecular weight is 423 g/mol. The minimum Gasteiger partial charge on any atom is -0.475 e. The monoisotopic (exact) mass is 423 g/mol. The molecule has 1 aromatic carbocycles. The van der Waals surface area contributed by atoms with Gasteiger partial charge in [-0.25, -0.2) is 14.5 Å². The molecule has 0 saturated heterocycles. The third-order valence-electron chi connectivity index (χ3n) is 4.22. The Hall–Kier alpha value is -3.30. The number of benzene rings is 1. The minimum atomic E-state index is -5.08. The van der Waals surface area contributed by atoms with Crippen LogP contribution in [0.1, 0.15) is 36.7 Å². The number of alkyl halides is 3. The van der Waals surface area contributed by atoms with Gasteiger partial charge in [0, 0.05) is 31.2 Å². The molecule has 2 N–H and O–H groups in total. The zero-order chi connectivity index (χ0) is 22.5. The molecule has 0 amide bonds. The normalized spacial score (nSPS) is 11.2. The summed E-state index contributed by atoms with van der Waals surface area (Å²) in [7, 11) is 0. The van der Waals surface area contributed by atoms with Crippen LogP contribution in [0, 0.1) is 13.8 Å². The quantitative estimate of drug-likeness (QED) is 0.631. The number of imidazole rings is 1. The summed E-state index contributed by atoms with van der Waals surface area (Å²) in [6, 6.07) is 8.82. The molecule has 3 rings (SSSR count). The fourth-order valence-electron chi connectivity index (χ4n) is 2.62. The second-order valence-corrected chi connectivity index (χ2v) is 6.92. The van der Waals surface area contributed by atoms with Gasteiger partial charge in [-0.3, -0.25) is 0 Å². The van der Waals surface area contributed by atoms with Crippen LogP contribution in [-0.2, 0) is 11.3 Å². The second kappa shape index (κ2) is 9.47. The molecule has 2 heterocycles. The molecular weight excluding hydrogens is 399 g/mol. The number of rotatable bonds is 5. The lowest BCUT2D eigenvalue weighted by atomic mass is 10.1. The van der Waals surface area contributed by atoms with E-state index >= 15 is 0 Å². The van der Waals surface area contributed by atoms with E-state index in [9.17, 15) is 13.2 Å². The molecule has 0 bridgehead atoms. The van der Waals surface area contributed by atoms with Gasteiger partial charge in [-0.2, -0.15) is 18.3 Å². The van der Waals surface area contributed by atoms with E-state index in [4.69, 9.17) is 9.90 Å². The van der Waals surface area contributed by atoms with Crippen molar-refractivity contribution < 1.29 is 23.1 Å². The van der Waals surface area contributed by atoms with Gasteiger partial charge in [0.1, 0.15) is 0 Å². The van der Waals surface area contributed by atoms with Crippen LogP contribution in [-0.4, -0.2) is 36.6 Å². The number of hydrogen-bond donors (Lipinski definition) is 2. The lowest BCUT2D eigenvalue weighted by Crippen LogP contribution is -2.21. The molecule has 30 heavy (non-hydrogen) atoms. The van der Waals surface area contributed by atoms with E-state index < -0.39 is 12.1 Å². The molecule has 0 aliphatic carbocycles. The molecule has 0 aliphatic rings. The average Bonchev–Trinajstić information content (AvgIpc) is 3.29. The van der Waals surface area contributed by atoms with Crippen LogP contribution in [0.25, 0.3) is 5.69 Å². The highest BCUT2D eigenvalue weighted by Crippen LogP contribution is 2.18. The Morgan fingerprint density at radius 2 is 1.87 bits per heavy atom. The number of carboxylic acid groups (broad SMARTS) is 1. The van der Waals surface area contributed by atoms with Crippen molar-refractivity contribution in [2.24, 2.45) is 0 Å². The molecule has 162 valence electrons. The molecule has 3 aromatic rings. The van der Waals surface area contributed by atoms with Crippen LogP contribution in [0.2, 0.25) is 0 Å². The molecule has 0 spiro atoms. The van der Waals surface area contributed by atoms with Crippen molar-refractivity contribution >= 4 is 11.9 Å². The molecule has 7 nitrogen and oxygen atoms in total. The fourth-order valence-corrected chi connectivity index (χ4v) is 2.62. The van der Waals surface area contributed by atoms with Gasteiger partial charge in [0.15, 0.2) is 0 Å². The number of nitrogens with one attached hydrogen (secondary N) is 1. The van der Waals surface area contributed by atoms with Gasteiger partial charge >= 0.3 is 12.1 Å². The molecule has 0 saturated carbocycles. The van der Waals surface area contributed by atoms with E-state index in [1.54, 1.807) is 0 Å². The molecular formula is C20H24F3N5O2. The Bertz CT molecular complexity index is 992. The van der Waals surface area contributed by atoms with E-state index in [1.165, 1.54) is 11.1 Å². The van der Waals surface area contributed by atoms with Crippen molar-refractivity contribution in [3.8, 4) is 5.69 Å². The summed E-state index contributed by atoms with van der Waals surface area (Å²) >= 11 is 0. The maximum Gasteiger partial charge on any atom is 0.490 e.